The summed E-state index contributed by atoms with van der Waals surface area (Å²) in [6.45, 7) is 7.25. The molecular weight excluding hydrogens is 414 g/mol. The van der Waals surface area contributed by atoms with Crippen LogP contribution in [0.1, 0.15) is 25.3 Å². The summed E-state index contributed by atoms with van der Waals surface area (Å²) in [7, 11) is 0. The van der Waals surface area contributed by atoms with Crippen LogP contribution in [-0.2, 0) is 9.59 Å². The Morgan fingerprint density at radius 1 is 1.06 bits per heavy atom. The van der Waals surface area contributed by atoms with Gasteiger partial charge in [-0.3, -0.25) is 9.59 Å². The van der Waals surface area contributed by atoms with E-state index in [1.54, 1.807) is 23.1 Å². The fraction of sp³-hybridized carbons (Fsp3) is 0.417. The van der Waals surface area contributed by atoms with Crippen molar-refractivity contribution in [3.05, 3.63) is 53.1 Å². The van der Waals surface area contributed by atoms with E-state index >= 15 is 0 Å². The number of fused-ring (bicyclic) bond motifs is 1. The second kappa shape index (κ2) is 9.18. The highest BCUT2D eigenvalue weighted by molar-refractivity contribution is 6.31. The van der Waals surface area contributed by atoms with Crippen molar-refractivity contribution in [1.82, 2.24) is 4.90 Å². The molecule has 2 amide bonds. The molecular formula is C24H28ClN3O3. The number of aryl methyl sites for hydroxylation is 1. The molecule has 164 valence electrons. The molecule has 6 nitrogen and oxygen atoms in total. The standard InChI is InChI=1S/C24H28ClN3O3/c1-17-4-3-5-20(14-17)27-11-10-26(16-18(27)2)23(29)8-9-24(30)28-12-13-31-22-7-6-19(25)15-21(22)28/h3-7,14-15,18H,8-13,16H2,1-2H3/t18-/m0/s1. The van der Waals surface area contributed by atoms with Crippen LogP contribution in [0.15, 0.2) is 42.5 Å². The van der Waals surface area contributed by atoms with Crippen molar-refractivity contribution in [1.29, 1.82) is 0 Å². The van der Waals surface area contributed by atoms with Gasteiger partial charge in [-0.2, -0.15) is 0 Å². The van der Waals surface area contributed by atoms with E-state index in [2.05, 4.69) is 43.0 Å². The Morgan fingerprint density at radius 3 is 2.65 bits per heavy atom. The predicted molar refractivity (Wildman–Crippen MR) is 123 cm³/mol. The monoisotopic (exact) mass is 441 g/mol. The molecule has 0 unspecified atom stereocenters. The summed E-state index contributed by atoms with van der Waals surface area (Å²) in [5.74, 6) is 0.603. The maximum Gasteiger partial charge on any atom is 0.227 e. The van der Waals surface area contributed by atoms with Crippen LogP contribution >= 0.6 is 11.6 Å². The molecule has 0 radical (unpaired) electrons. The third-order valence-electron chi connectivity index (χ3n) is 5.95. The average molecular weight is 442 g/mol. The summed E-state index contributed by atoms with van der Waals surface area (Å²) in [4.78, 5) is 31.6. The SMILES string of the molecule is Cc1cccc(N2CCN(C(=O)CCC(=O)N3CCOc4ccc(Cl)cc43)C[C@@H]2C)c1. The van der Waals surface area contributed by atoms with E-state index in [0.717, 1.165) is 6.54 Å². The smallest absolute Gasteiger partial charge is 0.227 e. The van der Waals surface area contributed by atoms with Crippen molar-refractivity contribution < 1.29 is 14.3 Å². The molecule has 7 heteroatoms. The summed E-state index contributed by atoms with van der Waals surface area (Å²) in [5, 5.41) is 0.554. The van der Waals surface area contributed by atoms with Gasteiger partial charge < -0.3 is 19.4 Å². The van der Waals surface area contributed by atoms with Gasteiger partial charge in [0.1, 0.15) is 12.4 Å². The molecule has 2 heterocycles. The quantitative estimate of drug-likeness (QED) is 0.722. The lowest BCUT2D eigenvalue weighted by Crippen LogP contribution is -2.54. The van der Waals surface area contributed by atoms with Crippen LogP contribution in [0.25, 0.3) is 0 Å². The van der Waals surface area contributed by atoms with Crippen LogP contribution in [-0.4, -0.2) is 55.5 Å². The minimum Gasteiger partial charge on any atom is -0.490 e. The van der Waals surface area contributed by atoms with Crippen molar-refractivity contribution in [3.8, 4) is 5.75 Å². The first-order valence-corrected chi connectivity index (χ1v) is 11.1. The Balaban J connectivity index is 1.33. The average Bonchev–Trinajstić information content (AvgIpc) is 2.76. The van der Waals surface area contributed by atoms with Gasteiger partial charge in [0.15, 0.2) is 0 Å². The van der Waals surface area contributed by atoms with Gasteiger partial charge in [-0.05, 0) is 49.7 Å². The van der Waals surface area contributed by atoms with E-state index in [0.29, 0.717) is 42.7 Å². The molecule has 1 atom stereocenters. The molecule has 4 rings (SSSR count). The molecule has 31 heavy (non-hydrogen) atoms. The number of nitrogens with zero attached hydrogens (tertiary/aromatic N) is 3. The highest BCUT2D eigenvalue weighted by Gasteiger charge is 2.29. The molecule has 2 aromatic rings. The minimum absolute atomic E-state index is 0.0312. The van der Waals surface area contributed by atoms with Gasteiger partial charge in [0.25, 0.3) is 0 Å². The van der Waals surface area contributed by atoms with Crippen molar-refractivity contribution >= 4 is 34.8 Å². The van der Waals surface area contributed by atoms with Crippen LogP contribution in [0, 0.1) is 6.92 Å². The molecule has 1 fully saturated rings. The predicted octanol–water partition coefficient (Wildman–Crippen LogP) is 3.89. The molecule has 2 aromatic carbocycles. The van der Waals surface area contributed by atoms with Gasteiger partial charge in [0, 0.05) is 49.2 Å². The number of ether oxygens (including phenoxy) is 1. The third-order valence-corrected chi connectivity index (χ3v) is 6.19. The number of carbonyl (C=O) groups is 2. The lowest BCUT2D eigenvalue weighted by atomic mass is 10.1. The van der Waals surface area contributed by atoms with Crippen molar-refractivity contribution in [2.45, 2.75) is 32.7 Å². The van der Waals surface area contributed by atoms with Gasteiger partial charge in [-0.1, -0.05) is 23.7 Å². The van der Waals surface area contributed by atoms with Crippen LogP contribution in [0.5, 0.6) is 5.75 Å². The first-order valence-electron chi connectivity index (χ1n) is 10.8. The van der Waals surface area contributed by atoms with E-state index < -0.39 is 0 Å². The number of hydrogen-bond donors (Lipinski definition) is 0. The molecule has 0 aliphatic carbocycles. The van der Waals surface area contributed by atoms with Crippen LogP contribution in [0.4, 0.5) is 11.4 Å². The molecule has 0 N–H and O–H groups in total. The topological polar surface area (TPSA) is 53.1 Å². The fourth-order valence-corrected chi connectivity index (χ4v) is 4.50. The van der Waals surface area contributed by atoms with Gasteiger partial charge >= 0.3 is 0 Å². The first-order chi connectivity index (χ1) is 14.9. The lowest BCUT2D eigenvalue weighted by molar-refractivity contribution is -0.133. The molecule has 0 spiro atoms. The van der Waals surface area contributed by atoms with Crippen LogP contribution in [0.3, 0.4) is 0 Å². The first kappa shape index (κ1) is 21.5. The number of piperazine rings is 1. The zero-order valence-corrected chi connectivity index (χ0v) is 18.8. The summed E-state index contributed by atoms with van der Waals surface area (Å²) >= 11 is 6.10. The van der Waals surface area contributed by atoms with Crippen molar-refractivity contribution in [3.63, 3.8) is 0 Å². The van der Waals surface area contributed by atoms with Gasteiger partial charge in [-0.25, -0.2) is 0 Å². The molecule has 0 saturated carbocycles. The summed E-state index contributed by atoms with van der Waals surface area (Å²) in [6, 6.07) is 13.9. The zero-order chi connectivity index (χ0) is 22.0. The Hall–Kier alpha value is -2.73. The summed E-state index contributed by atoms with van der Waals surface area (Å²) in [6.07, 6.45) is 0.389. The van der Waals surface area contributed by atoms with E-state index in [9.17, 15) is 9.59 Å². The number of rotatable bonds is 4. The van der Waals surface area contributed by atoms with Crippen LogP contribution < -0.4 is 14.5 Å². The number of amides is 2. The lowest BCUT2D eigenvalue weighted by Gasteiger charge is -2.41. The maximum atomic E-state index is 12.8. The number of hydrogen-bond acceptors (Lipinski definition) is 4. The Bertz CT molecular complexity index is 980. The van der Waals surface area contributed by atoms with Gasteiger partial charge in [-0.15, -0.1) is 0 Å². The Labute approximate surface area is 188 Å². The highest BCUT2D eigenvalue weighted by Crippen LogP contribution is 2.34. The molecule has 2 aliphatic heterocycles. The minimum atomic E-state index is -0.0772. The summed E-state index contributed by atoms with van der Waals surface area (Å²) < 4.78 is 5.61. The van der Waals surface area contributed by atoms with Crippen molar-refractivity contribution in [2.75, 3.05) is 42.6 Å². The zero-order valence-electron chi connectivity index (χ0n) is 18.0. The molecule has 2 aliphatic rings. The highest BCUT2D eigenvalue weighted by atomic mass is 35.5. The number of carbonyl (C=O) groups excluding carboxylic acids is 2. The fourth-order valence-electron chi connectivity index (χ4n) is 4.33. The Kier molecular flexibility index (Phi) is 6.37. The van der Waals surface area contributed by atoms with E-state index in [-0.39, 0.29) is 30.7 Å². The van der Waals surface area contributed by atoms with Gasteiger partial charge in [0.05, 0.1) is 12.2 Å². The molecule has 1 saturated heterocycles. The Morgan fingerprint density at radius 2 is 1.87 bits per heavy atom. The van der Waals surface area contributed by atoms with Crippen LogP contribution in [0.2, 0.25) is 5.02 Å². The normalized spacial score (nSPS) is 18.4. The number of halogens is 1. The third kappa shape index (κ3) is 4.79. The summed E-state index contributed by atoms with van der Waals surface area (Å²) in [5.41, 5.74) is 3.10. The number of benzene rings is 2. The second-order valence-electron chi connectivity index (χ2n) is 8.23. The van der Waals surface area contributed by atoms with E-state index in [1.165, 1.54) is 11.3 Å². The van der Waals surface area contributed by atoms with E-state index in [4.69, 9.17) is 16.3 Å². The van der Waals surface area contributed by atoms with Crippen molar-refractivity contribution in [2.24, 2.45) is 0 Å². The maximum absolute atomic E-state index is 12.8. The second-order valence-corrected chi connectivity index (χ2v) is 8.66. The van der Waals surface area contributed by atoms with Gasteiger partial charge in [0.2, 0.25) is 11.8 Å². The number of anilines is 2. The molecule has 0 aromatic heterocycles. The molecule has 0 bridgehead atoms. The largest absolute Gasteiger partial charge is 0.490 e. The van der Waals surface area contributed by atoms with E-state index in [1.807, 2.05) is 4.90 Å².